The number of aryl methyl sites for hydroxylation is 1. The molecule has 4 heterocycles. The quantitative estimate of drug-likeness (QED) is 0.0756. The summed E-state index contributed by atoms with van der Waals surface area (Å²) in [6.45, 7) is 1.42. The second-order valence-corrected chi connectivity index (χ2v) is 25.7. The number of primary amides is 1. The molecule has 0 unspecified atom stereocenters. The minimum absolute atomic E-state index is 0.0302. The number of aromatic hydroxyl groups is 1. The smallest absolute Gasteiger partial charge is 0.246 e. The van der Waals surface area contributed by atoms with Gasteiger partial charge in [0.15, 0.2) is 0 Å². The summed E-state index contributed by atoms with van der Waals surface area (Å²) in [5, 5.41) is 29.8. The van der Waals surface area contributed by atoms with Gasteiger partial charge in [-0.15, -0.1) is 0 Å². The van der Waals surface area contributed by atoms with E-state index in [9.17, 15) is 52.6 Å². The second kappa shape index (κ2) is 34.3. The molecule has 8 atom stereocenters. The fourth-order valence-corrected chi connectivity index (χ4v) is 13.6. The minimum atomic E-state index is -1.41. The van der Waals surface area contributed by atoms with Gasteiger partial charge in [-0.2, -0.15) is 23.5 Å². The molecule has 4 aromatic carbocycles. The van der Waals surface area contributed by atoms with Crippen molar-refractivity contribution in [1.29, 1.82) is 0 Å². The lowest BCUT2D eigenvalue weighted by atomic mass is 10.0. The van der Waals surface area contributed by atoms with Gasteiger partial charge in [-0.3, -0.25) is 47.9 Å². The number of amides is 10. The number of fused-ring (bicyclic) bond motifs is 5. The summed E-state index contributed by atoms with van der Waals surface area (Å²) in [5.41, 5.74) is 16.1. The van der Waals surface area contributed by atoms with Crippen LogP contribution >= 0.6 is 23.5 Å². The minimum Gasteiger partial charge on any atom is -0.508 e. The highest BCUT2D eigenvalue weighted by Crippen LogP contribution is 2.26. The number of nitrogens with two attached hydrogens (primary N) is 2. The van der Waals surface area contributed by atoms with Crippen molar-refractivity contribution < 1.29 is 57.4 Å². The van der Waals surface area contributed by atoms with Crippen LogP contribution in [0.2, 0.25) is 0 Å². The van der Waals surface area contributed by atoms with Crippen molar-refractivity contribution in [1.82, 2.24) is 52.0 Å². The molecular weight excluding hydrogens is 1220 g/mol. The molecule has 5 aromatic rings. The fourth-order valence-electron chi connectivity index (χ4n) is 11.7. The van der Waals surface area contributed by atoms with Gasteiger partial charge in [0.1, 0.15) is 59.9 Å². The van der Waals surface area contributed by atoms with Crippen LogP contribution in [0.3, 0.4) is 0 Å². The van der Waals surface area contributed by atoms with E-state index in [-0.39, 0.29) is 75.4 Å². The number of aromatic amines is 1. The van der Waals surface area contributed by atoms with E-state index in [1.54, 1.807) is 18.3 Å². The van der Waals surface area contributed by atoms with E-state index >= 15 is 4.79 Å². The van der Waals surface area contributed by atoms with Crippen LogP contribution < -0.4 is 48.7 Å². The molecule has 2 bridgehead atoms. The van der Waals surface area contributed by atoms with Crippen molar-refractivity contribution in [2.75, 3.05) is 37.7 Å². The first kappa shape index (κ1) is 69.4. The van der Waals surface area contributed by atoms with Gasteiger partial charge in [-0.1, -0.05) is 66.7 Å². The molecule has 0 aliphatic carbocycles. The summed E-state index contributed by atoms with van der Waals surface area (Å²) in [4.78, 5) is 147. The molecule has 2 fully saturated rings. The predicted octanol–water partition coefficient (Wildman–Crippen LogP) is 3.03. The molecule has 0 saturated carbocycles. The van der Waals surface area contributed by atoms with Crippen LogP contribution in [0.15, 0.2) is 103 Å². The average Bonchev–Trinajstić information content (AvgIpc) is 1.89. The Morgan fingerprint density at radius 3 is 1.98 bits per heavy atom. The van der Waals surface area contributed by atoms with Gasteiger partial charge < -0.3 is 68.6 Å². The molecule has 0 radical (unpaired) electrons. The van der Waals surface area contributed by atoms with Crippen molar-refractivity contribution in [3.8, 4) is 5.75 Å². The molecule has 92 heavy (non-hydrogen) atoms. The summed E-state index contributed by atoms with van der Waals surface area (Å²) in [5.74, 6) is -5.67. The number of thioether (sulfide) groups is 2. The van der Waals surface area contributed by atoms with Crippen molar-refractivity contribution >= 4 is 93.5 Å². The number of unbranched alkanes of at least 4 members (excludes halogenated alkanes) is 1. The number of hydrogen-bond donors (Lipinski definition) is 11. The van der Waals surface area contributed by atoms with E-state index in [0.717, 1.165) is 16.7 Å². The Hall–Kier alpha value is -8.49. The first-order valence-electron chi connectivity index (χ1n) is 31.3. The number of phenols is 1. The Morgan fingerprint density at radius 2 is 1.28 bits per heavy atom. The summed E-state index contributed by atoms with van der Waals surface area (Å²) < 4.78 is 14.8. The fraction of sp³-hybridized carbons (Fsp3) is 0.455. The van der Waals surface area contributed by atoms with E-state index in [0.29, 0.717) is 84.4 Å². The Morgan fingerprint density at radius 1 is 0.630 bits per heavy atom. The number of carbonyl (C=O) groups excluding carboxylic acids is 10. The highest BCUT2D eigenvalue weighted by molar-refractivity contribution is 7.98. The maximum Gasteiger partial charge on any atom is 0.246 e. The molecule has 3 aliphatic heterocycles. The third-order valence-electron chi connectivity index (χ3n) is 16.6. The average molecular weight is 1300 g/mol. The monoisotopic (exact) mass is 1300 g/mol. The van der Waals surface area contributed by atoms with E-state index < -0.39 is 114 Å². The van der Waals surface area contributed by atoms with E-state index in [1.807, 2.05) is 54.6 Å². The van der Waals surface area contributed by atoms with Gasteiger partial charge in [0, 0.05) is 72.5 Å². The molecule has 3 aliphatic rings. The van der Waals surface area contributed by atoms with Crippen molar-refractivity contribution in [2.45, 2.75) is 150 Å². The van der Waals surface area contributed by atoms with Gasteiger partial charge in [-0.05, 0) is 136 Å². The molecule has 1 aromatic heterocycles. The molecule has 2 saturated heterocycles. The number of nitrogens with zero attached hydrogens (tertiary/aromatic N) is 2. The normalized spacial score (nSPS) is 23.6. The van der Waals surface area contributed by atoms with Gasteiger partial charge in [0.05, 0.1) is 6.54 Å². The van der Waals surface area contributed by atoms with Crippen LogP contribution in [0.5, 0.6) is 5.75 Å². The Kier molecular flexibility index (Phi) is 25.8. The van der Waals surface area contributed by atoms with Crippen LogP contribution in [-0.2, 0) is 78.7 Å². The number of benzene rings is 4. The second-order valence-electron chi connectivity index (χ2n) is 23.5. The number of phenolic OH excluding ortho intramolecular Hbond substituents is 1. The number of aromatic nitrogens is 1. The maximum absolute atomic E-state index is 15.0. The Balaban J connectivity index is 1.06. The molecule has 26 heteroatoms. The van der Waals surface area contributed by atoms with Gasteiger partial charge >= 0.3 is 0 Å². The zero-order valence-corrected chi connectivity index (χ0v) is 53.2. The van der Waals surface area contributed by atoms with Crippen molar-refractivity contribution in [2.24, 2.45) is 11.5 Å². The zero-order chi connectivity index (χ0) is 65.7. The van der Waals surface area contributed by atoms with Gasteiger partial charge in [-0.25, -0.2) is 4.39 Å². The van der Waals surface area contributed by atoms with Gasteiger partial charge in [0.25, 0.3) is 0 Å². The molecule has 23 nitrogen and oxygen atoms in total. The van der Waals surface area contributed by atoms with Crippen LogP contribution in [0.25, 0.3) is 10.9 Å². The summed E-state index contributed by atoms with van der Waals surface area (Å²) in [7, 11) is 0. The highest BCUT2D eigenvalue weighted by Gasteiger charge is 2.42. The standard InChI is InChI=1S/C66H83FN12O11S2/c1-40-60(84)76-53(32-42-20-23-47(80)24-21-42)66(90)79-29-10-19-56(79)64(88)77-54(59(69)83)39-92-38-44-15-7-14-43(31-44)37-91-30-26-57(81)73-50(16-5-6-27-68)61(85)71-36-58(82)74-52(33-45-35-70-49-25-22-46(67)34-48(45)49)62(86)75-51(17-8-13-41-11-3-2-4-12-41)65(89)78-28-9-18-55(78)63(87)72-40/h2-4,7,11-12,14-15,20-25,31,34-35,40,50-56,70,80H,5-6,8-10,13,16-19,26-30,32-33,36-39,68H2,1H3,(H2,69,83)(H,71,85)(H,72,87)(H,73,81)(H,74,82)(H,75,86)(H,76,84)(H,77,88)/t40-,50-,51-,52-,53-,54-,55-,56-/m0/s1. The first-order valence-corrected chi connectivity index (χ1v) is 33.6. The lowest BCUT2D eigenvalue weighted by molar-refractivity contribution is -0.143. The van der Waals surface area contributed by atoms with E-state index in [4.69, 9.17) is 11.5 Å². The van der Waals surface area contributed by atoms with Crippen LogP contribution in [0.1, 0.15) is 98.9 Å². The molecule has 0 spiro atoms. The first-order chi connectivity index (χ1) is 44.3. The Bertz CT molecular complexity index is 3410. The van der Waals surface area contributed by atoms with Crippen molar-refractivity contribution in [3.05, 3.63) is 137 Å². The summed E-state index contributed by atoms with van der Waals surface area (Å²) in [6.07, 6.45) is 4.92. The lowest BCUT2D eigenvalue weighted by Gasteiger charge is -2.31. The van der Waals surface area contributed by atoms with Crippen LogP contribution in [-0.4, -0.2) is 165 Å². The third kappa shape index (κ3) is 20.0. The largest absolute Gasteiger partial charge is 0.508 e. The Labute approximate surface area is 542 Å². The molecule has 10 amide bonds. The van der Waals surface area contributed by atoms with Crippen LogP contribution in [0, 0.1) is 5.82 Å². The molecule has 13 N–H and O–H groups in total. The molecular formula is C66H83FN12O11S2. The van der Waals surface area contributed by atoms with Crippen LogP contribution in [0.4, 0.5) is 4.39 Å². The molecule has 492 valence electrons. The zero-order valence-electron chi connectivity index (χ0n) is 51.6. The summed E-state index contributed by atoms with van der Waals surface area (Å²) >= 11 is 2.88. The number of hydrogen-bond acceptors (Lipinski definition) is 14. The number of nitrogens with one attached hydrogen (secondary N) is 8. The summed E-state index contributed by atoms with van der Waals surface area (Å²) in [6, 6.07) is 17.9. The molecule has 8 rings (SSSR count). The van der Waals surface area contributed by atoms with Gasteiger partial charge in [0.2, 0.25) is 59.1 Å². The third-order valence-corrected chi connectivity index (χ3v) is 18.7. The maximum atomic E-state index is 15.0. The topological polar surface area (TPSA) is 349 Å². The number of rotatable bonds is 13. The van der Waals surface area contributed by atoms with Crippen molar-refractivity contribution in [3.63, 3.8) is 0 Å². The lowest BCUT2D eigenvalue weighted by Crippen LogP contribution is -2.59. The van der Waals surface area contributed by atoms with E-state index in [2.05, 4.69) is 42.2 Å². The SMILES string of the molecule is C[C@@H]1NC(=O)[C@@H]2CCCN2C(=O)[C@H](CCCc2ccccc2)NC(=O)[C@H](Cc2c[nH]c3ccc(F)cc23)NC(=O)CNC(=O)[C@H](CCCCN)NC(=O)CCSCc2cccc(c2)CSC[C@@H](C(N)=O)NC(=O)[C@@H]2CCCN2C(=O)[C@H](Cc2ccc(O)cc2)NC1=O. The number of halogens is 1. The number of carbonyl (C=O) groups is 10. The van der Waals surface area contributed by atoms with E-state index in [1.165, 1.54) is 70.6 Å². The number of H-pyrrole nitrogens is 1. The highest BCUT2D eigenvalue weighted by atomic mass is 32.2. The predicted molar refractivity (Wildman–Crippen MR) is 348 cm³/mol.